The van der Waals surface area contributed by atoms with Gasteiger partial charge in [0, 0.05) is 12.2 Å². The van der Waals surface area contributed by atoms with Gasteiger partial charge in [-0.25, -0.2) is 9.59 Å². The Hall–Kier alpha value is -1.58. The quantitative estimate of drug-likeness (QED) is 0.419. The number of carbonyl (C=O) groups excluding carboxylic acids is 2. The van der Waals surface area contributed by atoms with Gasteiger partial charge in [0.05, 0.1) is 14.2 Å². The van der Waals surface area contributed by atoms with Crippen LogP contribution >= 0.6 is 0 Å². The van der Waals surface area contributed by atoms with E-state index in [2.05, 4.69) is 9.47 Å². The first-order valence-electron chi connectivity index (χ1n) is 4.87. The van der Waals surface area contributed by atoms with E-state index in [-0.39, 0.29) is 5.41 Å². The Kier molecular flexibility index (Phi) is 5.50. The minimum absolute atomic E-state index is 0.251. The summed E-state index contributed by atoms with van der Waals surface area (Å²) in [7, 11) is 2.61. The lowest BCUT2D eigenvalue weighted by atomic mass is 9.86. The number of rotatable bonds is 3. The summed E-state index contributed by atoms with van der Waals surface area (Å²) in [5.41, 5.74) is 0.448. The molecule has 4 nitrogen and oxygen atoms in total. The molecule has 0 aromatic rings. The third-order valence-corrected chi connectivity index (χ3v) is 1.94. The first-order chi connectivity index (χ1) is 7.31. The van der Waals surface area contributed by atoms with Gasteiger partial charge >= 0.3 is 11.9 Å². The number of methoxy groups -OCH3 is 2. The molecule has 16 heavy (non-hydrogen) atoms. The molecule has 0 fully saturated rings. The molecule has 0 aliphatic rings. The standard InChI is InChI=1S/C12H18O4/c1-12(2,3)9(8-11(14)16-5)6-7-10(13)15-4/h6-8H,1-5H3/b7-6-,9-8+. The van der Waals surface area contributed by atoms with Crippen LogP contribution in [0.1, 0.15) is 20.8 Å². The molecule has 0 aliphatic carbocycles. The van der Waals surface area contributed by atoms with Crippen LogP contribution in [-0.2, 0) is 19.1 Å². The first-order valence-corrected chi connectivity index (χ1v) is 4.87. The fraction of sp³-hybridized carbons (Fsp3) is 0.500. The third kappa shape index (κ3) is 5.34. The van der Waals surface area contributed by atoms with Crippen LogP contribution in [-0.4, -0.2) is 26.2 Å². The average Bonchev–Trinajstić information content (AvgIpc) is 2.21. The largest absolute Gasteiger partial charge is 0.466 e. The molecule has 90 valence electrons. The summed E-state index contributed by atoms with van der Waals surface area (Å²) in [6.07, 6.45) is 4.20. The van der Waals surface area contributed by atoms with E-state index in [1.54, 1.807) is 6.08 Å². The van der Waals surface area contributed by atoms with Gasteiger partial charge in [0.2, 0.25) is 0 Å². The van der Waals surface area contributed by atoms with Gasteiger partial charge < -0.3 is 9.47 Å². The second kappa shape index (κ2) is 6.10. The lowest BCUT2D eigenvalue weighted by Crippen LogP contribution is -2.11. The maximum absolute atomic E-state index is 11.1. The van der Waals surface area contributed by atoms with E-state index >= 15 is 0 Å². The van der Waals surface area contributed by atoms with E-state index in [4.69, 9.17) is 0 Å². The third-order valence-electron chi connectivity index (χ3n) is 1.94. The van der Waals surface area contributed by atoms with Crippen molar-refractivity contribution in [3.05, 3.63) is 23.8 Å². The Morgan fingerprint density at radius 3 is 1.81 bits per heavy atom. The van der Waals surface area contributed by atoms with Crippen LogP contribution in [0.5, 0.6) is 0 Å². The first kappa shape index (κ1) is 14.4. The van der Waals surface area contributed by atoms with Crippen molar-refractivity contribution >= 4 is 11.9 Å². The van der Waals surface area contributed by atoms with Crippen LogP contribution < -0.4 is 0 Å². The predicted molar refractivity (Wildman–Crippen MR) is 60.7 cm³/mol. The van der Waals surface area contributed by atoms with Crippen molar-refractivity contribution in [2.45, 2.75) is 20.8 Å². The monoisotopic (exact) mass is 226 g/mol. The highest BCUT2D eigenvalue weighted by atomic mass is 16.5. The van der Waals surface area contributed by atoms with Gasteiger partial charge in [-0.3, -0.25) is 0 Å². The molecule has 0 rings (SSSR count). The van der Waals surface area contributed by atoms with Gasteiger partial charge in [-0.05, 0) is 11.0 Å². The Bertz CT molecular complexity index is 318. The second-order valence-corrected chi connectivity index (χ2v) is 4.23. The molecule has 0 radical (unpaired) electrons. The second-order valence-electron chi connectivity index (χ2n) is 4.23. The van der Waals surface area contributed by atoms with E-state index in [1.165, 1.54) is 26.4 Å². The molecule has 0 amide bonds. The molecule has 0 saturated heterocycles. The molecule has 4 heteroatoms. The molecule has 0 bridgehead atoms. The van der Waals surface area contributed by atoms with Crippen molar-refractivity contribution < 1.29 is 19.1 Å². The van der Waals surface area contributed by atoms with Gasteiger partial charge in [-0.2, -0.15) is 0 Å². The van der Waals surface area contributed by atoms with Gasteiger partial charge in [-0.1, -0.05) is 26.8 Å². The van der Waals surface area contributed by atoms with Crippen molar-refractivity contribution in [1.29, 1.82) is 0 Å². The maximum atomic E-state index is 11.1. The predicted octanol–water partition coefficient (Wildman–Crippen LogP) is 1.86. The summed E-state index contributed by atoms with van der Waals surface area (Å²) >= 11 is 0. The molecule has 0 saturated carbocycles. The molecular formula is C12H18O4. The zero-order valence-electron chi connectivity index (χ0n) is 10.4. The number of ether oxygens (including phenoxy) is 2. The average molecular weight is 226 g/mol. The Labute approximate surface area is 95.9 Å². The van der Waals surface area contributed by atoms with E-state index in [0.29, 0.717) is 5.57 Å². The van der Waals surface area contributed by atoms with Crippen molar-refractivity contribution in [2.24, 2.45) is 5.41 Å². The summed E-state index contributed by atoms with van der Waals surface area (Å²) in [6, 6.07) is 0. The number of allylic oxidation sites excluding steroid dienone is 2. The number of hydrogen-bond acceptors (Lipinski definition) is 4. The Morgan fingerprint density at radius 1 is 0.938 bits per heavy atom. The van der Waals surface area contributed by atoms with E-state index in [1.807, 2.05) is 20.8 Å². The van der Waals surface area contributed by atoms with E-state index in [9.17, 15) is 9.59 Å². The topological polar surface area (TPSA) is 52.6 Å². The van der Waals surface area contributed by atoms with E-state index < -0.39 is 11.9 Å². The van der Waals surface area contributed by atoms with Crippen LogP contribution in [0.4, 0.5) is 0 Å². The molecule has 0 N–H and O–H groups in total. The molecule has 0 aliphatic heterocycles. The highest BCUT2D eigenvalue weighted by molar-refractivity contribution is 5.85. The SMILES string of the molecule is COC(=O)/C=C\C(=C/C(=O)OC)C(C)(C)C. The van der Waals surface area contributed by atoms with Crippen molar-refractivity contribution in [3.8, 4) is 0 Å². The zero-order valence-corrected chi connectivity index (χ0v) is 10.4. The fourth-order valence-electron chi connectivity index (χ4n) is 0.926. The summed E-state index contributed by atoms with van der Waals surface area (Å²) in [4.78, 5) is 22.1. The van der Waals surface area contributed by atoms with Crippen LogP contribution in [0.25, 0.3) is 0 Å². The minimum Gasteiger partial charge on any atom is -0.466 e. The van der Waals surface area contributed by atoms with Gasteiger partial charge in [0.1, 0.15) is 0 Å². The van der Waals surface area contributed by atoms with Crippen LogP contribution in [0, 0.1) is 5.41 Å². The molecular weight excluding hydrogens is 208 g/mol. The van der Waals surface area contributed by atoms with Crippen molar-refractivity contribution in [3.63, 3.8) is 0 Å². The number of carbonyl (C=O) groups is 2. The molecule has 0 heterocycles. The highest BCUT2D eigenvalue weighted by Crippen LogP contribution is 2.26. The molecule has 0 unspecified atom stereocenters. The van der Waals surface area contributed by atoms with Gasteiger partial charge in [0.25, 0.3) is 0 Å². The fourth-order valence-corrected chi connectivity index (χ4v) is 0.926. The van der Waals surface area contributed by atoms with Gasteiger partial charge in [-0.15, -0.1) is 0 Å². The Balaban J connectivity index is 4.98. The van der Waals surface area contributed by atoms with Crippen molar-refractivity contribution in [2.75, 3.05) is 14.2 Å². The van der Waals surface area contributed by atoms with Crippen molar-refractivity contribution in [1.82, 2.24) is 0 Å². The lowest BCUT2D eigenvalue weighted by molar-refractivity contribution is -0.135. The van der Waals surface area contributed by atoms with Crippen LogP contribution in [0.2, 0.25) is 0 Å². The summed E-state index contributed by atoms with van der Waals surface area (Å²) < 4.78 is 9.02. The minimum atomic E-state index is -0.458. The van der Waals surface area contributed by atoms with Crippen LogP contribution in [0.15, 0.2) is 23.8 Å². The molecule has 0 aromatic carbocycles. The van der Waals surface area contributed by atoms with Gasteiger partial charge in [0.15, 0.2) is 0 Å². The molecule has 0 atom stereocenters. The van der Waals surface area contributed by atoms with E-state index in [0.717, 1.165) is 0 Å². The summed E-state index contributed by atoms with van der Waals surface area (Å²) in [5, 5.41) is 0. The molecule has 0 spiro atoms. The number of esters is 2. The summed E-state index contributed by atoms with van der Waals surface area (Å²) in [5.74, 6) is -0.903. The zero-order chi connectivity index (χ0) is 12.8. The van der Waals surface area contributed by atoms with Crippen LogP contribution in [0.3, 0.4) is 0 Å². The lowest BCUT2D eigenvalue weighted by Gasteiger charge is -2.19. The normalized spacial score (nSPS) is 12.7. The highest BCUT2D eigenvalue weighted by Gasteiger charge is 2.16. The molecule has 0 aromatic heterocycles. The maximum Gasteiger partial charge on any atom is 0.330 e. The smallest absolute Gasteiger partial charge is 0.330 e. The number of hydrogen-bond donors (Lipinski definition) is 0. The summed E-state index contributed by atoms with van der Waals surface area (Å²) in [6.45, 7) is 5.80. The Morgan fingerprint density at radius 2 is 1.44 bits per heavy atom.